The highest BCUT2D eigenvalue weighted by molar-refractivity contribution is 5.70. The van der Waals surface area contributed by atoms with Gasteiger partial charge in [-0.2, -0.15) is 0 Å². The Morgan fingerprint density at radius 1 is 0.444 bits per heavy atom. The van der Waals surface area contributed by atoms with E-state index in [0.717, 1.165) is 70.6 Å². The molecule has 0 bridgehead atoms. The van der Waals surface area contributed by atoms with Gasteiger partial charge in [-0.05, 0) is 51.4 Å². The fraction of sp³-hybridized carbons (Fsp3) is 0.796. The van der Waals surface area contributed by atoms with Gasteiger partial charge < -0.3 is 14.6 Å². The molecule has 5 nitrogen and oxygen atoms in total. The second kappa shape index (κ2) is 45.3. The lowest BCUT2D eigenvalue weighted by molar-refractivity contribution is -0.161. The molecule has 54 heavy (non-hydrogen) atoms. The number of aliphatic hydroxyl groups is 1. The van der Waals surface area contributed by atoms with Crippen molar-refractivity contribution in [2.24, 2.45) is 0 Å². The predicted octanol–water partition coefficient (Wildman–Crippen LogP) is 15.0. The van der Waals surface area contributed by atoms with E-state index in [4.69, 9.17) is 9.47 Å². The Hall–Kier alpha value is -2.14. The van der Waals surface area contributed by atoms with Gasteiger partial charge in [0.15, 0.2) is 6.10 Å². The van der Waals surface area contributed by atoms with Crippen LogP contribution in [0.3, 0.4) is 0 Å². The lowest BCUT2D eigenvalue weighted by Crippen LogP contribution is -2.28. The van der Waals surface area contributed by atoms with Crippen LogP contribution < -0.4 is 0 Å². The molecular formula is C49H88O5. The molecule has 0 aliphatic heterocycles. The van der Waals surface area contributed by atoms with Gasteiger partial charge in [-0.25, -0.2) is 0 Å². The van der Waals surface area contributed by atoms with Crippen LogP contribution in [0.25, 0.3) is 0 Å². The maximum absolute atomic E-state index is 12.2. The molecule has 1 N–H and O–H groups in total. The summed E-state index contributed by atoms with van der Waals surface area (Å²) in [6.45, 7) is 4.04. The molecule has 0 spiro atoms. The molecule has 0 rings (SSSR count). The quantitative estimate of drug-likeness (QED) is 0.0381. The summed E-state index contributed by atoms with van der Waals surface area (Å²) in [7, 11) is 0. The first-order valence-corrected chi connectivity index (χ1v) is 23.2. The van der Waals surface area contributed by atoms with Gasteiger partial charge in [-0.15, -0.1) is 0 Å². The van der Waals surface area contributed by atoms with Crippen LogP contribution in [0.5, 0.6) is 0 Å². The standard InChI is InChI=1S/C49H88O5/c1-3-5-7-9-11-13-15-17-19-21-23-24-26-27-29-31-33-35-37-39-41-43-48(51)53-46-47(45-50)54-49(52)44-42-40-38-36-34-32-30-28-25-22-20-18-16-14-12-10-8-6-4-2/h6,8,12,14,18,20,25,28,47,50H,3-5,7,9-11,13,15-17,19,21-24,26-27,29-46H2,1-2H3/b8-6-,14-12-,20-18-,28-25-. The average Bonchev–Trinajstić information content (AvgIpc) is 3.17. The Labute approximate surface area is 335 Å². The van der Waals surface area contributed by atoms with Crippen LogP contribution in [0.4, 0.5) is 0 Å². The lowest BCUT2D eigenvalue weighted by Gasteiger charge is -2.15. The van der Waals surface area contributed by atoms with Crippen LogP contribution in [0.2, 0.25) is 0 Å². The predicted molar refractivity (Wildman–Crippen MR) is 233 cm³/mol. The summed E-state index contributed by atoms with van der Waals surface area (Å²) in [6.07, 6.45) is 57.6. The molecule has 5 heteroatoms. The molecule has 0 saturated carbocycles. The van der Waals surface area contributed by atoms with Gasteiger partial charge in [-0.1, -0.05) is 217 Å². The number of carbonyl (C=O) groups is 2. The zero-order chi connectivity index (χ0) is 39.3. The Kier molecular flexibility index (Phi) is 43.5. The Morgan fingerprint density at radius 3 is 1.20 bits per heavy atom. The minimum Gasteiger partial charge on any atom is -0.462 e. The maximum Gasteiger partial charge on any atom is 0.306 e. The number of hydrogen-bond donors (Lipinski definition) is 1. The van der Waals surface area contributed by atoms with Gasteiger partial charge in [0.2, 0.25) is 0 Å². The minimum atomic E-state index is -0.778. The number of ether oxygens (including phenoxy) is 2. The fourth-order valence-electron chi connectivity index (χ4n) is 6.66. The summed E-state index contributed by atoms with van der Waals surface area (Å²) < 4.78 is 10.6. The minimum absolute atomic E-state index is 0.0698. The van der Waals surface area contributed by atoms with E-state index in [9.17, 15) is 14.7 Å². The molecule has 1 atom stereocenters. The van der Waals surface area contributed by atoms with Crippen molar-refractivity contribution in [3.63, 3.8) is 0 Å². The first kappa shape index (κ1) is 51.9. The largest absolute Gasteiger partial charge is 0.462 e. The average molecular weight is 757 g/mol. The molecule has 0 amide bonds. The molecule has 0 aromatic rings. The molecule has 0 saturated heterocycles. The summed E-state index contributed by atoms with van der Waals surface area (Å²) in [4.78, 5) is 24.4. The molecule has 1 unspecified atom stereocenters. The second-order valence-electron chi connectivity index (χ2n) is 15.5. The van der Waals surface area contributed by atoms with Crippen LogP contribution in [0.1, 0.15) is 232 Å². The summed E-state index contributed by atoms with van der Waals surface area (Å²) >= 11 is 0. The number of hydrogen-bond acceptors (Lipinski definition) is 5. The summed E-state index contributed by atoms with van der Waals surface area (Å²) in [5.41, 5.74) is 0. The number of rotatable bonds is 42. The van der Waals surface area contributed by atoms with Crippen LogP contribution >= 0.6 is 0 Å². The molecule has 0 aliphatic carbocycles. The van der Waals surface area contributed by atoms with E-state index < -0.39 is 6.10 Å². The monoisotopic (exact) mass is 757 g/mol. The van der Waals surface area contributed by atoms with E-state index in [1.54, 1.807) is 0 Å². The zero-order valence-electron chi connectivity index (χ0n) is 35.7. The van der Waals surface area contributed by atoms with Gasteiger partial charge >= 0.3 is 11.9 Å². The van der Waals surface area contributed by atoms with Crippen molar-refractivity contribution in [1.82, 2.24) is 0 Å². The third kappa shape index (κ3) is 42.6. The highest BCUT2D eigenvalue weighted by Crippen LogP contribution is 2.16. The van der Waals surface area contributed by atoms with Crippen molar-refractivity contribution in [3.05, 3.63) is 48.6 Å². The second-order valence-corrected chi connectivity index (χ2v) is 15.5. The first-order chi connectivity index (χ1) is 26.6. The SMILES string of the molecule is CC/C=C\C/C=C\C/C=C\C/C=C\CCCCCCCCC(=O)OC(CO)COC(=O)CCCCCCCCCCCCCCCCCCCCCCC. The molecule has 0 aromatic heterocycles. The smallest absolute Gasteiger partial charge is 0.306 e. The van der Waals surface area contributed by atoms with Crippen LogP contribution in [0, 0.1) is 0 Å². The first-order valence-electron chi connectivity index (χ1n) is 23.2. The number of carbonyl (C=O) groups excluding carboxylic acids is 2. The van der Waals surface area contributed by atoms with Gasteiger partial charge in [0.05, 0.1) is 6.61 Å². The molecule has 0 aliphatic rings. The normalized spacial score (nSPS) is 12.6. The van der Waals surface area contributed by atoms with Gasteiger partial charge in [0.25, 0.3) is 0 Å². The van der Waals surface area contributed by atoms with Crippen LogP contribution in [0.15, 0.2) is 48.6 Å². The third-order valence-electron chi connectivity index (χ3n) is 10.1. The number of unbranched alkanes of at least 4 members (excludes halogenated alkanes) is 26. The molecule has 0 radical (unpaired) electrons. The van der Waals surface area contributed by atoms with Crippen molar-refractivity contribution in [3.8, 4) is 0 Å². The Morgan fingerprint density at radius 2 is 0.796 bits per heavy atom. The number of allylic oxidation sites excluding steroid dienone is 8. The molecule has 0 heterocycles. The van der Waals surface area contributed by atoms with Crippen LogP contribution in [-0.4, -0.2) is 36.4 Å². The molecule has 314 valence electrons. The van der Waals surface area contributed by atoms with E-state index in [2.05, 4.69) is 62.5 Å². The number of esters is 2. The highest BCUT2D eigenvalue weighted by Gasteiger charge is 2.16. The Balaban J connectivity index is 3.52. The molecule has 0 fully saturated rings. The van der Waals surface area contributed by atoms with Crippen molar-refractivity contribution in [2.45, 2.75) is 238 Å². The topological polar surface area (TPSA) is 72.8 Å². The van der Waals surface area contributed by atoms with Crippen LogP contribution in [-0.2, 0) is 19.1 Å². The molecule has 0 aromatic carbocycles. The van der Waals surface area contributed by atoms with Gasteiger partial charge in [0, 0.05) is 12.8 Å². The molecular weight excluding hydrogens is 669 g/mol. The van der Waals surface area contributed by atoms with Crippen molar-refractivity contribution in [1.29, 1.82) is 0 Å². The fourth-order valence-corrected chi connectivity index (χ4v) is 6.66. The van der Waals surface area contributed by atoms with Gasteiger partial charge in [0.1, 0.15) is 6.61 Å². The summed E-state index contributed by atoms with van der Waals surface area (Å²) in [6, 6.07) is 0. The van der Waals surface area contributed by atoms with E-state index in [1.807, 2.05) is 0 Å². The van der Waals surface area contributed by atoms with Crippen molar-refractivity contribution >= 4 is 11.9 Å². The number of aliphatic hydroxyl groups excluding tert-OH is 1. The lowest BCUT2D eigenvalue weighted by atomic mass is 10.0. The van der Waals surface area contributed by atoms with Crippen molar-refractivity contribution in [2.75, 3.05) is 13.2 Å². The highest BCUT2D eigenvalue weighted by atomic mass is 16.6. The van der Waals surface area contributed by atoms with Gasteiger partial charge in [-0.3, -0.25) is 9.59 Å². The van der Waals surface area contributed by atoms with E-state index >= 15 is 0 Å². The Bertz CT molecular complexity index is 904. The van der Waals surface area contributed by atoms with E-state index in [0.29, 0.717) is 12.8 Å². The summed E-state index contributed by atoms with van der Waals surface area (Å²) in [5.74, 6) is -0.599. The summed E-state index contributed by atoms with van der Waals surface area (Å²) in [5, 5.41) is 9.60. The third-order valence-corrected chi connectivity index (χ3v) is 10.1. The zero-order valence-corrected chi connectivity index (χ0v) is 35.7. The van der Waals surface area contributed by atoms with Crippen molar-refractivity contribution < 1.29 is 24.2 Å². The maximum atomic E-state index is 12.2. The van der Waals surface area contributed by atoms with E-state index in [-0.39, 0.29) is 25.2 Å². The van der Waals surface area contributed by atoms with E-state index in [1.165, 1.54) is 135 Å².